The Morgan fingerprint density at radius 2 is 1.64 bits per heavy atom. The molecule has 0 aromatic heterocycles. The molecule has 1 unspecified atom stereocenters. The largest absolute Gasteiger partial charge is 0.389 e. The summed E-state index contributed by atoms with van der Waals surface area (Å²) in [6, 6.07) is 0.387. The summed E-state index contributed by atoms with van der Waals surface area (Å²) >= 11 is 0. The molecule has 4 heteroatoms. The molecule has 0 aromatic carbocycles. The van der Waals surface area contributed by atoms with E-state index in [1.807, 2.05) is 0 Å². The van der Waals surface area contributed by atoms with E-state index >= 15 is 0 Å². The predicted octanol–water partition coefficient (Wildman–Crippen LogP) is 2.55. The van der Waals surface area contributed by atoms with E-state index < -0.39 is 5.60 Å². The first-order valence-electron chi connectivity index (χ1n) is 9.41. The average Bonchev–Trinajstić information content (AvgIpc) is 2.97. The number of aliphatic hydroxyl groups is 1. The Labute approximate surface area is 134 Å². The molecule has 0 bridgehead atoms. The van der Waals surface area contributed by atoms with Crippen LogP contribution in [-0.2, 0) is 4.79 Å². The molecule has 1 atom stereocenters. The molecule has 3 rings (SSSR count). The first kappa shape index (κ1) is 16.3. The van der Waals surface area contributed by atoms with Crippen molar-refractivity contribution in [2.24, 2.45) is 0 Å². The molecule has 2 heterocycles. The summed E-state index contributed by atoms with van der Waals surface area (Å²) in [7, 11) is 0. The Morgan fingerprint density at radius 3 is 2.36 bits per heavy atom. The first-order valence-corrected chi connectivity index (χ1v) is 9.41. The summed E-state index contributed by atoms with van der Waals surface area (Å²) in [5, 5.41) is 10.7. The van der Waals surface area contributed by atoms with Gasteiger partial charge in [0.2, 0.25) is 5.91 Å². The third-order valence-corrected chi connectivity index (χ3v) is 5.88. The highest BCUT2D eigenvalue weighted by Crippen LogP contribution is 2.32. The molecule has 0 spiro atoms. The molecular formula is C18H32N2O2. The van der Waals surface area contributed by atoms with Gasteiger partial charge in [-0.05, 0) is 51.6 Å². The second-order valence-electron chi connectivity index (χ2n) is 7.71. The minimum absolute atomic E-state index is 0.198. The monoisotopic (exact) mass is 308 g/mol. The highest BCUT2D eigenvalue weighted by atomic mass is 16.3. The minimum atomic E-state index is -0.715. The molecule has 3 fully saturated rings. The van der Waals surface area contributed by atoms with Crippen molar-refractivity contribution < 1.29 is 9.90 Å². The van der Waals surface area contributed by atoms with Crippen LogP contribution in [-0.4, -0.2) is 58.6 Å². The number of rotatable bonds is 4. The van der Waals surface area contributed by atoms with Crippen LogP contribution in [0, 0.1) is 0 Å². The van der Waals surface area contributed by atoms with Gasteiger partial charge in [-0.1, -0.05) is 25.7 Å². The number of likely N-dealkylation sites (tertiary alicyclic amines) is 2. The highest BCUT2D eigenvalue weighted by Gasteiger charge is 2.37. The Hall–Kier alpha value is -0.610. The van der Waals surface area contributed by atoms with Gasteiger partial charge >= 0.3 is 0 Å². The molecule has 2 aliphatic heterocycles. The van der Waals surface area contributed by atoms with Gasteiger partial charge in [0.1, 0.15) is 0 Å². The molecule has 1 aliphatic carbocycles. The standard InChI is InChI=1S/C18H32N2O2/c21-17(14-18(22)9-3-1-4-10-18)20-13-7-8-16(20)15-19-11-5-2-6-12-19/h16,22H,1-15H2. The Balaban J connectivity index is 1.53. The first-order chi connectivity index (χ1) is 10.7. The van der Waals surface area contributed by atoms with Crippen molar-refractivity contribution in [3.63, 3.8) is 0 Å². The maximum absolute atomic E-state index is 12.7. The van der Waals surface area contributed by atoms with Crippen molar-refractivity contribution in [3.05, 3.63) is 0 Å². The van der Waals surface area contributed by atoms with Crippen LogP contribution >= 0.6 is 0 Å². The van der Waals surface area contributed by atoms with Gasteiger partial charge in [0.15, 0.2) is 0 Å². The molecule has 2 saturated heterocycles. The van der Waals surface area contributed by atoms with Crippen LogP contribution < -0.4 is 0 Å². The van der Waals surface area contributed by atoms with E-state index in [2.05, 4.69) is 9.80 Å². The number of carbonyl (C=O) groups is 1. The summed E-state index contributed by atoms with van der Waals surface area (Å²) < 4.78 is 0. The zero-order chi connectivity index (χ0) is 15.4. The van der Waals surface area contributed by atoms with Crippen molar-refractivity contribution in [2.75, 3.05) is 26.2 Å². The second-order valence-corrected chi connectivity index (χ2v) is 7.71. The smallest absolute Gasteiger partial charge is 0.225 e. The third kappa shape index (κ3) is 4.02. The fraction of sp³-hybridized carbons (Fsp3) is 0.944. The van der Waals surface area contributed by atoms with Crippen LogP contribution in [0.4, 0.5) is 0 Å². The normalized spacial score (nSPS) is 29.7. The lowest BCUT2D eigenvalue weighted by Crippen LogP contribution is -2.47. The molecular weight excluding hydrogens is 276 g/mol. The van der Waals surface area contributed by atoms with E-state index in [-0.39, 0.29) is 5.91 Å². The lowest BCUT2D eigenvalue weighted by atomic mass is 9.82. The van der Waals surface area contributed by atoms with E-state index in [0.717, 1.165) is 51.6 Å². The van der Waals surface area contributed by atoms with Crippen molar-refractivity contribution in [3.8, 4) is 0 Å². The van der Waals surface area contributed by atoms with Crippen molar-refractivity contribution in [1.29, 1.82) is 0 Å². The van der Waals surface area contributed by atoms with Crippen LogP contribution in [0.15, 0.2) is 0 Å². The summed E-state index contributed by atoms with van der Waals surface area (Å²) in [5.74, 6) is 0.198. The molecule has 22 heavy (non-hydrogen) atoms. The number of hydrogen-bond acceptors (Lipinski definition) is 3. The van der Waals surface area contributed by atoms with Gasteiger partial charge in [-0.25, -0.2) is 0 Å². The molecule has 0 radical (unpaired) electrons. The zero-order valence-corrected chi connectivity index (χ0v) is 13.9. The summed E-state index contributed by atoms with van der Waals surface area (Å²) in [6.45, 7) is 4.34. The van der Waals surface area contributed by atoms with Gasteiger partial charge in [0, 0.05) is 19.1 Å². The lowest BCUT2D eigenvalue weighted by Gasteiger charge is -2.36. The minimum Gasteiger partial charge on any atom is -0.389 e. The van der Waals surface area contributed by atoms with Gasteiger partial charge < -0.3 is 14.9 Å². The molecule has 1 amide bonds. The summed E-state index contributed by atoms with van der Waals surface area (Å²) in [4.78, 5) is 17.3. The number of hydrogen-bond donors (Lipinski definition) is 1. The van der Waals surface area contributed by atoms with Crippen LogP contribution in [0.1, 0.15) is 70.6 Å². The number of carbonyl (C=O) groups excluding carboxylic acids is 1. The number of amides is 1. The fourth-order valence-corrected chi connectivity index (χ4v) is 4.56. The van der Waals surface area contributed by atoms with Crippen molar-refractivity contribution in [1.82, 2.24) is 9.80 Å². The Bertz CT molecular complexity index is 373. The number of piperidine rings is 1. The second kappa shape index (κ2) is 7.31. The van der Waals surface area contributed by atoms with E-state index in [9.17, 15) is 9.90 Å². The molecule has 3 aliphatic rings. The average molecular weight is 308 g/mol. The fourth-order valence-electron chi connectivity index (χ4n) is 4.56. The maximum atomic E-state index is 12.7. The van der Waals surface area contributed by atoms with Gasteiger partial charge in [0.05, 0.1) is 12.0 Å². The quantitative estimate of drug-likeness (QED) is 0.868. The van der Waals surface area contributed by atoms with Crippen LogP contribution in [0.2, 0.25) is 0 Å². The molecule has 1 saturated carbocycles. The summed E-state index contributed by atoms with van der Waals surface area (Å²) in [5.41, 5.74) is -0.715. The van der Waals surface area contributed by atoms with Crippen molar-refractivity contribution >= 4 is 5.91 Å². The topological polar surface area (TPSA) is 43.8 Å². The van der Waals surface area contributed by atoms with Crippen LogP contribution in [0.3, 0.4) is 0 Å². The SMILES string of the molecule is O=C(CC1(O)CCCCC1)N1CCCC1CN1CCCCC1. The van der Waals surface area contributed by atoms with Crippen LogP contribution in [0.25, 0.3) is 0 Å². The third-order valence-electron chi connectivity index (χ3n) is 5.88. The van der Waals surface area contributed by atoms with Gasteiger partial charge in [-0.2, -0.15) is 0 Å². The maximum Gasteiger partial charge on any atom is 0.225 e. The molecule has 0 aromatic rings. The molecule has 126 valence electrons. The molecule has 1 N–H and O–H groups in total. The predicted molar refractivity (Wildman–Crippen MR) is 87.7 cm³/mol. The zero-order valence-electron chi connectivity index (χ0n) is 13.9. The highest BCUT2D eigenvalue weighted by molar-refractivity contribution is 5.78. The van der Waals surface area contributed by atoms with Gasteiger partial charge in [-0.3, -0.25) is 4.79 Å². The summed E-state index contributed by atoms with van der Waals surface area (Å²) in [6.07, 6.45) is 11.6. The lowest BCUT2D eigenvalue weighted by molar-refractivity contribution is -0.139. The number of nitrogens with zero attached hydrogens (tertiary/aromatic N) is 2. The van der Waals surface area contributed by atoms with Gasteiger partial charge in [0.25, 0.3) is 0 Å². The van der Waals surface area contributed by atoms with E-state index in [1.165, 1.54) is 38.8 Å². The van der Waals surface area contributed by atoms with E-state index in [1.54, 1.807) is 0 Å². The Morgan fingerprint density at radius 1 is 0.955 bits per heavy atom. The van der Waals surface area contributed by atoms with Crippen LogP contribution in [0.5, 0.6) is 0 Å². The van der Waals surface area contributed by atoms with Gasteiger partial charge in [-0.15, -0.1) is 0 Å². The van der Waals surface area contributed by atoms with E-state index in [0.29, 0.717) is 12.5 Å². The van der Waals surface area contributed by atoms with E-state index in [4.69, 9.17) is 0 Å². The van der Waals surface area contributed by atoms with Crippen molar-refractivity contribution in [2.45, 2.75) is 82.3 Å². The molecule has 4 nitrogen and oxygen atoms in total. The Kier molecular flexibility index (Phi) is 5.40.